The van der Waals surface area contributed by atoms with Crippen molar-refractivity contribution in [2.24, 2.45) is 0 Å². The third-order valence-electron chi connectivity index (χ3n) is 4.19. The Labute approximate surface area is 187 Å². The first-order chi connectivity index (χ1) is 14.9. The molecule has 2 aromatic carbocycles. The maximum atomic E-state index is 12.0. The Morgan fingerprint density at radius 1 is 0.903 bits per heavy atom. The van der Waals surface area contributed by atoms with Crippen LogP contribution in [-0.2, 0) is 25.5 Å². The smallest absolute Gasteiger partial charge is 0.305 e. The molecule has 2 aromatic rings. The highest BCUT2D eigenvalue weighted by Gasteiger charge is 2.08. The number of rotatable bonds is 10. The first kappa shape index (κ1) is 24.0. The Bertz CT molecular complexity index is 903. The number of benzene rings is 2. The Balaban J connectivity index is 1.59. The molecule has 3 N–H and O–H groups in total. The van der Waals surface area contributed by atoms with Gasteiger partial charge in [-0.05, 0) is 55.2 Å². The molecule has 31 heavy (non-hydrogen) atoms. The predicted molar refractivity (Wildman–Crippen MR) is 125 cm³/mol. The molecule has 0 aromatic heterocycles. The van der Waals surface area contributed by atoms with E-state index in [1.54, 1.807) is 24.3 Å². The van der Waals surface area contributed by atoms with Crippen molar-refractivity contribution < 1.29 is 19.1 Å². The van der Waals surface area contributed by atoms with Crippen LogP contribution in [0.2, 0.25) is 0 Å². The van der Waals surface area contributed by atoms with Crippen LogP contribution in [0.3, 0.4) is 0 Å². The molecule has 0 heterocycles. The predicted octanol–water partition coefficient (Wildman–Crippen LogP) is 3.80. The molecule has 0 aliphatic carbocycles. The van der Waals surface area contributed by atoms with Crippen LogP contribution in [0.25, 0.3) is 0 Å². The summed E-state index contributed by atoms with van der Waals surface area (Å²) in [5, 5.41) is 8.28. The number of hydrogen-bond donors (Lipinski definition) is 3. The topological polar surface area (TPSA) is 96.5 Å². The minimum absolute atomic E-state index is 0.147. The molecule has 0 radical (unpaired) electrons. The summed E-state index contributed by atoms with van der Waals surface area (Å²) in [4.78, 5) is 34.9. The number of thiocarbonyl (C=S) groups is 1. The monoisotopic (exact) mass is 441 g/mol. The number of hydrogen-bond acceptors (Lipinski definition) is 5. The summed E-state index contributed by atoms with van der Waals surface area (Å²) >= 11 is 5.13. The van der Waals surface area contributed by atoms with E-state index in [2.05, 4.69) is 16.0 Å². The Kier molecular flexibility index (Phi) is 10.2. The van der Waals surface area contributed by atoms with Crippen LogP contribution in [0.5, 0.6) is 0 Å². The third-order valence-corrected chi connectivity index (χ3v) is 4.40. The van der Waals surface area contributed by atoms with Gasteiger partial charge in [0, 0.05) is 31.1 Å². The van der Waals surface area contributed by atoms with Crippen molar-refractivity contribution >= 4 is 46.5 Å². The van der Waals surface area contributed by atoms with E-state index >= 15 is 0 Å². The van der Waals surface area contributed by atoms with E-state index < -0.39 is 0 Å². The third kappa shape index (κ3) is 10.4. The molecule has 0 atom stereocenters. The summed E-state index contributed by atoms with van der Waals surface area (Å²) in [5.41, 5.74) is 2.46. The number of nitrogens with one attached hydrogen (secondary N) is 3. The van der Waals surface area contributed by atoms with Crippen LogP contribution in [0.15, 0.2) is 54.6 Å². The minimum Gasteiger partial charge on any atom is -0.466 e. The molecular formula is C23H27N3O4S. The summed E-state index contributed by atoms with van der Waals surface area (Å²) in [7, 11) is 0. The number of amides is 2. The van der Waals surface area contributed by atoms with Gasteiger partial charge in [0.25, 0.3) is 0 Å². The van der Waals surface area contributed by atoms with Gasteiger partial charge in [0.15, 0.2) is 5.11 Å². The Hall–Kier alpha value is -3.26. The van der Waals surface area contributed by atoms with Gasteiger partial charge < -0.3 is 20.7 Å². The van der Waals surface area contributed by atoms with Crippen LogP contribution in [-0.4, -0.2) is 29.5 Å². The summed E-state index contributed by atoms with van der Waals surface area (Å²) in [6, 6.07) is 17.0. The lowest BCUT2D eigenvalue weighted by Crippen LogP contribution is -2.34. The first-order valence-electron chi connectivity index (χ1n) is 10.1. The van der Waals surface area contributed by atoms with Crippen LogP contribution in [0.4, 0.5) is 11.4 Å². The second-order valence-electron chi connectivity index (χ2n) is 6.93. The summed E-state index contributed by atoms with van der Waals surface area (Å²) < 4.78 is 5.21. The standard InChI is InChI=1S/C23H27N3O4S/c1-17(27)24-19-11-5-12-20(16-19)25-23(31)26-21(28)13-6-14-22(29)30-15-7-10-18-8-3-2-4-9-18/h2-5,8-9,11-12,16H,6-7,10,13-15H2,1H3,(H,24,27)(H2,25,26,28,31). The fraction of sp³-hybridized carbons (Fsp3) is 0.304. The van der Waals surface area contributed by atoms with E-state index in [-0.39, 0.29) is 35.7 Å². The quantitative estimate of drug-likeness (QED) is 0.295. The molecule has 0 aliphatic heterocycles. The zero-order valence-corrected chi connectivity index (χ0v) is 18.3. The van der Waals surface area contributed by atoms with Crippen LogP contribution < -0.4 is 16.0 Å². The van der Waals surface area contributed by atoms with Gasteiger partial charge in [-0.1, -0.05) is 36.4 Å². The van der Waals surface area contributed by atoms with Gasteiger partial charge in [-0.3, -0.25) is 14.4 Å². The van der Waals surface area contributed by atoms with Crippen LogP contribution >= 0.6 is 12.2 Å². The molecule has 7 nitrogen and oxygen atoms in total. The van der Waals surface area contributed by atoms with Gasteiger partial charge >= 0.3 is 5.97 Å². The summed E-state index contributed by atoms with van der Waals surface area (Å²) in [5.74, 6) is -0.772. The molecular weight excluding hydrogens is 414 g/mol. The van der Waals surface area contributed by atoms with Crippen LogP contribution in [0.1, 0.15) is 38.2 Å². The van der Waals surface area contributed by atoms with Crippen molar-refractivity contribution in [3.05, 3.63) is 60.2 Å². The zero-order chi connectivity index (χ0) is 22.5. The molecule has 0 aliphatic rings. The Morgan fingerprint density at radius 3 is 2.32 bits per heavy atom. The molecule has 2 amide bonds. The fourth-order valence-corrected chi connectivity index (χ4v) is 3.03. The van der Waals surface area contributed by atoms with E-state index in [1.807, 2.05) is 30.3 Å². The number of esters is 1. The fourth-order valence-electron chi connectivity index (χ4n) is 2.80. The van der Waals surface area contributed by atoms with E-state index in [0.29, 0.717) is 24.4 Å². The highest BCUT2D eigenvalue weighted by Crippen LogP contribution is 2.15. The maximum Gasteiger partial charge on any atom is 0.305 e. The van der Waals surface area contributed by atoms with Gasteiger partial charge in [-0.25, -0.2) is 0 Å². The normalized spacial score (nSPS) is 10.1. The van der Waals surface area contributed by atoms with Gasteiger partial charge in [0.2, 0.25) is 11.8 Å². The van der Waals surface area contributed by atoms with Crippen LogP contribution in [0, 0.1) is 0 Å². The van der Waals surface area contributed by atoms with E-state index in [9.17, 15) is 14.4 Å². The number of carbonyl (C=O) groups is 3. The average molecular weight is 442 g/mol. The first-order valence-corrected chi connectivity index (χ1v) is 10.5. The van der Waals surface area contributed by atoms with Gasteiger partial charge in [0.05, 0.1) is 6.61 Å². The molecule has 0 saturated heterocycles. The van der Waals surface area contributed by atoms with Gasteiger partial charge in [0.1, 0.15) is 0 Å². The minimum atomic E-state index is -0.309. The van der Waals surface area contributed by atoms with Crippen molar-refractivity contribution in [1.82, 2.24) is 5.32 Å². The zero-order valence-electron chi connectivity index (χ0n) is 17.5. The van der Waals surface area contributed by atoms with E-state index in [4.69, 9.17) is 17.0 Å². The van der Waals surface area contributed by atoms with E-state index in [0.717, 1.165) is 12.8 Å². The number of ether oxygens (including phenoxy) is 1. The Morgan fingerprint density at radius 2 is 1.61 bits per heavy atom. The molecule has 0 fully saturated rings. The lowest BCUT2D eigenvalue weighted by Gasteiger charge is -2.11. The van der Waals surface area contributed by atoms with E-state index in [1.165, 1.54) is 12.5 Å². The largest absolute Gasteiger partial charge is 0.466 e. The number of aryl methyl sites for hydroxylation is 1. The molecule has 8 heteroatoms. The second kappa shape index (κ2) is 13.1. The van der Waals surface area contributed by atoms with Crippen molar-refractivity contribution in [2.75, 3.05) is 17.2 Å². The number of anilines is 2. The molecule has 2 rings (SSSR count). The average Bonchev–Trinajstić information content (AvgIpc) is 2.71. The lowest BCUT2D eigenvalue weighted by atomic mass is 10.1. The van der Waals surface area contributed by atoms with Crippen molar-refractivity contribution in [3.63, 3.8) is 0 Å². The molecule has 0 saturated carbocycles. The molecule has 0 bridgehead atoms. The number of carbonyl (C=O) groups excluding carboxylic acids is 3. The molecule has 0 unspecified atom stereocenters. The summed E-state index contributed by atoms with van der Waals surface area (Å²) in [6.45, 7) is 1.79. The highest BCUT2D eigenvalue weighted by atomic mass is 32.1. The maximum absolute atomic E-state index is 12.0. The highest BCUT2D eigenvalue weighted by molar-refractivity contribution is 7.80. The van der Waals surface area contributed by atoms with Crippen molar-refractivity contribution in [3.8, 4) is 0 Å². The second-order valence-corrected chi connectivity index (χ2v) is 7.34. The SMILES string of the molecule is CC(=O)Nc1cccc(NC(=S)NC(=O)CCCC(=O)OCCCc2ccccc2)c1. The van der Waals surface area contributed by atoms with Gasteiger partial charge in [-0.2, -0.15) is 0 Å². The molecule has 164 valence electrons. The van der Waals surface area contributed by atoms with Crippen molar-refractivity contribution in [1.29, 1.82) is 0 Å². The van der Waals surface area contributed by atoms with Crippen molar-refractivity contribution in [2.45, 2.75) is 39.0 Å². The summed E-state index contributed by atoms with van der Waals surface area (Å²) in [6.07, 6.45) is 2.34. The molecule has 0 spiro atoms. The lowest BCUT2D eigenvalue weighted by molar-refractivity contribution is -0.143. The van der Waals surface area contributed by atoms with Gasteiger partial charge in [-0.15, -0.1) is 0 Å².